The van der Waals surface area contributed by atoms with Crippen LogP contribution in [0.25, 0.3) is 0 Å². The Kier molecular flexibility index (Phi) is 3.44. The minimum Gasteiger partial charge on any atom is -0.258 e. The van der Waals surface area contributed by atoms with Crippen LogP contribution in [0, 0.1) is 30.3 Å². The van der Waals surface area contributed by atoms with E-state index in [-0.39, 0.29) is 0 Å². The lowest BCUT2D eigenvalue weighted by atomic mass is 10.2. The SMILES string of the molecule is O=[N+]([O-])c1cc([N+](=O)[O-])c(Cl)c([N+](=O)[O-])c1Cl. The molecule has 0 saturated carbocycles. The highest BCUT2D eigenvalue weighted by molar-refractivity contribution is 6.40. The summed E-state index contributed by atoms with van der Waals surface area (Å²) >= 11 is 10.8. The van der Waals surface area contributed by atoms with Crippen molar-refractivity contribution in [3.63, 3.8) is 0 Å². The maximum absolute atomic E-state index is 10.6. The van der Waals surface area contributed by atoms with Crippen molar-refractivity contribution in [2.45, 2.75) is 0 Å². The van der Waals surface area contributed by atoms with Gasteiger partial charge in [0.1, 0.15) is 0 Å². The van der Waals surface area contributed by atoms with Gasteiger partial charge in [0, 0.05) is 0 Å². The van der Waals surface area contributed by atoms with Crippen LogP contribution < -0.4 is 0 Å². The predicted molar refractivity (Wildman–Crippen MR) is 56.4 cm³/mol. The molecule has 0 radical (unpaired) electrons. The summed E-state index contributed by atoms with van der Waals surface area (Å²) in [5.41, 5.74) is -2.96. The maximum atomic E-state index is 10.6. The van der Waals surface area contributed by atoms with E-state index in [0.717, 1.165) is 0 Å². The number of halogens is 2. The van der Waals surface area contributed by atoms with Crippen LogP contribution in [-0.2, 0) is 0 Å². The molecule has 17 heavy (non-hydrogen) atoms. The Morgan fingerprint density at radius 3 is 1.41 bits per heavy atom. The van der Waals surface area contributed by atoms with Crippen LogP contribution >= 0.6 is 23.2 Å². The molecule has 9 nitrogen and oxygen atoms in total. The van der Waals surface area contributed by atoms with Crippen molar-refractivity contribution in [1.29, 1.82) is 0 Å². The highest BCUT2D eigenvalue weighted by Crippen LogP contribution is 2.44. The molecule has 0 N–H and O–H groups in total. The number of hydrogen-bond acceptors (Lipinski definition) is 6. The Morgan fingerprint density at radius 1 is 0.824 bits per heavy atom. The van der Waals surface area contributed by atoms with Gasteiger partial charge in [-0.05, 0) is 0 Å². The lowest BCUT2D eigenvalue weighted by Crippen LogP contribution is -1.99. The van der Waals surface area contributed by atoms with Crippen LogP contribution in [0.3, 0.4) is 0 Å². The fraction of sp³-hybridized carbons (Fsp3) is 0. The Hall–Kier alpha value is -2.00. The van der Waals surface area contributed by atoms with E-state index in [0.29, 0.717) is 6.07 Å². The summed E-state index contributed by atoms with van der Waals surface area (Å²) in [5.74, 6) is 0. The number of nitro benzene ring substituents is 3. The van der Waals surface area contributed by atoms with Gasteiger partial charge in [0.05, 0.1) is 20.8 Å². The van der Waals surface area contributed by atoms with E-state index in [2.05, 4.69) is 0 Å². The van der Waals surface area contributed by atoms with Gasteiger partial charge >= 0.3 is 17.1 Å². The van der Waals surface area contributed by atoms with Crippen LogP contribution in [0.1, 0.15) is 0 Å². The van der Waals surface area contributed by atoms with Crippen LogP contribution in [0.2, 0.25) is 10.0 Å². The molecule has 0 heterocycles. The third-order valence-electron chi connectivity index (χ3n) is 1.71. The molecule has 0 amide bonds. The lowest BCUT2D eigenvalue weighted by molar-refractivity contribution is -0.402. The Labute approximate surface area is 102 Å². The van der Waals surface area contributed by atoms with Gasteiger partial charge in [-0.1, -0.05) is 23.2 Å². The number of nitro groups is 3. The fourth-order valence-corrected chi connectivity index (χ4v) is 1.64. The van der Waals surface area contributed by atoms with Gasteiger partial charge in [-0.15, -0.1) is 0 Å². The van der Waals surface area contributed by atoms with Crippen molar-refractivity contribution in [3.05, 3.63) is 46.5 Å². The van der Waals surface area contributed by atoms with E-state index in [1.807, 2.05) is 0 Å². The highest BCUT2D eigenvalue weighted by atomic mass is 35.5. The Morgan fingerprint density at radius 2 is 1.18 bits per heavy atom. The van der Waals surface area contributed by atoms with Gasteiger partial charge in [-0.25, -0.2) is 0 Å². The lowest BCUT2D eigenvalue weighted by Gasteiger charge is -2.00. The largest absolute Gasteiger partial charge is 0.320 e. The van der Waals surface area contributed by atoms with Gasteiger partial charge in [-0.3, -0.25) is 30.3 Å². The molecule has 0 aliphatic heterocycles. The summed E-state index contributed by atoms with van der Waals surface area (Å²) in [6.45, 7) is 0. The molecule has 0 saturated heterocycles. The highest BCUT2D eigenvalue weighted by Gasteiger charge is 2.34. The molecule has 0 aliphatic rings. The van der Waals surface area contributed by atoms with Crippen molar-refractivity contribution >= 4 is 40.3 Å². The van der Waals surface area contributed by atoms with Crippen molar-refractivity contribution in [2.24, 2.45) is 0 Å². The van der Waals surface area contributed by atoms with Crippen molar-refractivity contribution < 1.29 is 14.8 Å². The van der Waals surface area contributed by atoms with Crippen LogP contribution in [0.4, 0.5) is 17.1 Å². The number of benzene rings is 1. The zero-order chi connectivity index (χ0) is 13.3. The van der Waals surface area contributed by atoms with Crippen LogP contribution in [0.15, 0.2) is 6.07 Å². The van der Waals surface area contributed by atoms with Crippen LogP contribution in [0.5, 0.6) is 0 Å². The second-order valence-electron chi connectivity index (χ2n) is 2.66. The summed E-state index contributed by atoms with van der Waals surface area (Å²) < 4.78 is 0. The Bertz CT molecular complexity index is 507. The topological polar surface area (TPSA) is 129 Å². The zero-order valence-corrected chi connectivity index (χ0v) is 9.14. The molecular formula is C6HCl2N3O6. The van der Waals surface area contributed by atoms with E-state index in [9.17, 15) is 30.3 Å². The first-order valence-electron chi connectivity index (χ1n) is 3.72. The predicted octanol–water partition coefficient (Wildman–Crippen LogP) is 2.72. The molecular weight excluding hydrogens is 281 g/mol. The Balaban J connectivity index is 3.76. The molecule has 0 spiro atoms. The second-order valence-corrected chi connectivity index (χ2v) is 3.42. The second kappa shape index (κ2) is 4.47. The molecule has 1 aromatic carbocycles. The first-order valence-corrected chi connectivity index (χ1v) is 4.48. The molecule has 11 heteroatoms. The molecule has 0 aromatic heterocycles. The van der Waals surface area contributed by atoms with E-state index in [1.54, 1.807) is 0 Å². The van der Waals surface area contributed by atoms with E-state index < -0.39 is 41.9 Å². The summed E-state index contributed by atoms with van der Waals surface area (Å²) in [5, 5.41) is 29.9. The van der Waals surface area contributed by atoms with Crippen molar-refractivity contribution in [2.75, 3.05) is 0 Å². The smallest absolute Gasteiger partial charge is 0.258 e. The molecule has 0 aliphatic carbocycles. The van der Waals surface area contributed by atoms with E-state index in [1.165, 1.54) is 0 Å². The first kappa shape index (κ1) is 13.1. The van der Waals surface area contributed by atoms with Crippen LogP contribution in [-0.4, -0.2) is 14.8 Å². The van der Waals surface area contributed by atoms with E-state index in [4.69, 9.17) is 23.2 Å². The molecule has 1 aromatic rings. The molecule has 0 fully saturated rings. The quantitative estimate of drug-likeness (QED) is 0.618. The summed E-state index contributed by atoms with van der Waals surface area (Å²) in [7, 11) is 0. The minimum atomic E-state index is -1.12. The van der Waals surface area contributed by atoms with Gasteiger partial charge in [0.15, 0.2) is 10.0 Å². The summed E-state index contributed by atoms with van der Waals surface area (Å²) in [4.78, 5) is 28.4. The average Bonchev–Trinajstić information content (AvgIpc) is 2.15. The molecule has 0 atom stereocenters. The third kappa shape index (κ3) is 2.24. The number of nitrogens with zero attached hydrogens (tertiary/aromatic N) is 3. The molecule has 0 bridgehead atoms. The van der Waals surface area contributed by atoms with E-state index >= 15 is 0 Å². The monoisotopic (exact) mass is 281 g/mol. The van der Waals surface area contributed by atoms with Gasteiger partial charge < -0.3 is 0 Å². The molecule has 90 valence electrons. The van der Waals surface area contributed by atoms with Crippen molar-refractivity contribution in [1.82, 2.24) is 0 Å². The average molecular weight is 282 g/mol. The molecule has 1 rings (SSSR count). The maximum Gasteiger partial charge on any atom is 0.320 e. The number of rotatable bonds is 3. The normalized spacial score (nSPS) is 10.0. The summed E-state index contributed by atoms with van der Waals surface area (Å²) in [6, 6.07) is 0.470. The van der Waals surface area contributed by atoms with Gasteiger partial charge in [0.25, 0.3) is 0 Å². The third-order valence-corrected chi connectivity index (χ3v) is 2.46. The first-order chi connectivity index (χ1) is 7.77. The zero-order valence-electron chi connectivity index (χ0n) is 7.62. The standard InChI is InChI=1S/C6HCl2N3O6/c7-4-2(9(12)13)1-3(10(14)15)5(8)6(4)11(16)17/h1H. The van der Waals surface area contributed by atoms with Crippen molar-refractivity contribution in [3.8, 4) is 0 Å². The fourth-order valence-electron chi connectivity index (χ4n) is 1.02. The number of hydrogen-bond donors (Lipinski definition) is 0. The van der Waals surface area contributed by atoms with Gasteiger partial charge in [0.2, 0.25) is 0 Å². The molecule has 0 unspecified atom stereocenters. The minimum absolute atomic E-state index is 0.470. The summed E-state index contributed by atoms with van der Waals surface area (Å²) in [6.07, 6.45) is 0. The van der Waals surface area contributed by atoms with Gasteiger partial charge in [-0.2, -0.15) is 0 Å².